The molecule has 5 heteroatoms. The molecule has 19 heavy (non-hydrogen) atoms. The summed E-state index contributed by atoms with van der Waals surface area (Å²) in [6, 6.07) is 0. The molecule has 0 bridgehead atoms. The van der Waals surface area contributed by atoms with Gasteiger partial charge in [-0.05, 0) is 46.6 Å². The number of alkyl halides is 3. The smallest absolute Gasteiger partial charge is 0.381 e. The van der Waals surface area contributed by atoms with Gasteiger partial charge in [-0.15, -0.1) is 0 Å². The van der Waals surface area contributed by atoms with Crippen LogP contribution in [0.2, 0.25) is 0 Å². The predicted octanol–water partition coefficient (Wildman–Crippen LogP) is 4.29. The Labute approximate surface area is 115 Å². The molecule has 0 aromatic rings. The fourth-order valence-corrected chi connectivity index (χ4v) is 1.62. The Bertz CT molecular complexity index is 190. The number of nitrogens with one attached hydrogen (secondary N) is 1. The molecule has 0 radical (unpaired) electrons. The van der Waals surface area contributed by atoms with Crippen LogP contribution in [0.1, 0.15) is 59.3 Å². The Morgan fingerprint density at radius 2 is 1.42 bits per heavy atom. The molecule has 116 valence electrons. The third kappa shape index (κ3) is 17.7. The summed E-state index contributed by atoms with van der Waals surface area (Å²) < 4.78 is 40.7. The molecule has 0 spiro atoms. The molecule has 0 aliphatic heterocycles. The van der Waals surface area contributed by atoms with Crippen molar-refractivity contribution in [2.24, 2.45) is 0 Å². The second-order valence-corrected chi connectivity index (χ2v) is 5.92. The van der Waals surface area contributed by atoms with E-state index in [1.54, 1.807) is 0 Å². The lowest BCUT2D eigenvalue weighted by Gasteiger charge is -2.20. The van der Waals surface area contributed by atoms with Crippen LogP contribution in [0.5, 0.6) is 0 Å². The lowest BCUT2D eigenvalue weighted by Crippen LogP contribution is -2.36. The van der Waals surface area contributed by atoms with Gasteiger partial charge >= 0.3 is 6.18 Å². The van der Waals surface area contributed by atoms with Crippen molar-refractivity contribution in [3.8, 4) is 0 Å². The number of halogens is 3. The van der Waals surface area contributed by atoms with Gasteiger partial charge in [-0.1, -0.05) is 12.8 Å². The van der Waals surface area contributed by atoms with Gasteiger partial charge in [0.15, 0.2) is 0 Å². The van der Waals surface area contributed by atoms with Crippen molar-refractivity contribution in [2.75, 3.05) is 19.8 Å². The molecule has 1 N–H and O–H groups in total. The summed E-state index contributed by atoms with van der Waals surface area (Å²) in [6.45, 7) is 8.22. The van der Waals surface area contributed by atoms with Crippen LogP contribution < -0.4 is 5.32 Å². The molecule has 0 aromatic carbocycles. The zero-order chi connectivity index (χ0) is 14.8. The van der Waals surface area contributed by atoms with Crippen molar-refractivity contribution >= 4 is 0 Å². The summed E-state index contributed by atoms with van der Waals surface area (Å²) >= 11 is 0. The summed E-state index contributed by atoms with van der Waals surface area (Å²) in [6.07, 6.45) is -0.457. The second kappa shape index (κ2) is 9.59. The molecule has 0 atom stereocenters. The Morgan fingerprint density at radius 3 is 2.00 bits per heavy atom. The molecule has 0 aromatic heterocycles. The van der Waals surface area contributed by atoms with Crippen LogP contribution in [0.25, 0.3) is 0 Å². The number of rotatable bonds is 10. The first-order chi connectivity index (χ1) is 8.71. The Morgan fingerprint density at radius 1 is 0.842 bits per heavy atom. The molecule has 0 unspecified atom stereocenters. The minimum atomic E-state index is -4.05. The summed E-state index contributed by atoms with van der Waals surface area (Å²) in [4.78, 5) is 0. The van der Waals surface area contributed by atoms with Crippen molar-refractivity contribution in [2.45, 2.75) is 71.0 Å². The van der Waals surface area contributed by atoms with E-state index in [1.165, 1.54) is 0 Å². The molecule has 2 nitrogen and oxygen atoms in total. The van der Waals surface area contributed by atoms with Gasteiger partial charge in [-0.25, -0.2) is 0 Å². The Balaban J connectivity index is 3.12. The highest BCUT2D eigenvalue weighted by Crippen LogP contribution is 2.21. The van der Waals surface area contributed by atoms with Gasteiger partial charge in [0.2, 0.25) is 0 Å². The zero-order valence-corrected chi connectivity index (χ0v) is 12.4. The topological polar surface area (TPSA) is 21.3 Å². The molecular weight excluding hydrogens is 255 g/mol. The fourth-order valence-electron chi connectivity index (χ4n) is 1.62. The maximum Gasteiger partial charge on any atom is 0.389 e. The fraction of sp³-hybridized carbons (Fsp3) is 1.00. The Hall–Kier alpha value is -0.290. The molecular formula is C14H28F3NO. The summed E-state index contributed by atoms with van der Waals surface area (Å²) in [5.41, 5.74) is 0.168. The first-order valence-corrected chi connectivity index (χ1v) is 7.10. The van der Waals surface area contributed by atoms with Gasteiger partial charge in [0, 0.05) is 25.2 Å². The van der Waals surface area contributed by atoms with Crippen LogP contribution in [-0.4, -0.2) is 31.5 Å². The van der Waals surface area contributed by atoms with Gasteiger partial charge in [-0.2, -0.15) is 13.2 Å². The van der Waals surface area contributed by atoms with E-state index in [0.717, 1.165) is 32.2 Å². The van der Waals surface area contributed by atoms with E-state index in [2.05, 4.69) is 26.1 Å². The first-order valence-electron chi connectivity index (χ1n) is 7.10. The second-order valence-electron chi connectivity index (χ2n) is 5.92. The van der Waals surface area contributed by atoms with E-state index in [4.69, 9.17) is 4.74 Å². The van der Waals surface area contributed by atoms with E-state index >= 15 is 0 Å². The summed E-state index contributed by atoms with van der Waals surface area (Å²) in [7, 11) is 0. The van der Waals surface area contributed by atoms with Crippen molar-refractivity contribution in [1.29, 1.82) is 0 Å². The number of hydrogen-bond acceptors (Lipinski definition) is 2. The average Bonchev–Trinajstić information content (AvgIpc) is 2.22. The molecule has 0 aliphatic rings. The molecule has 0 fully saturated rings. The van der Waals surface area contributed by atoms with Crippen molar-refractivity contribution < 1.29 is 17.9 Å². The van der Waals surface area contributed by atoms with Gasteiger partial charge in [-0.3, -0.25) is 0 Å². The zero-order valence-electron chi connectivity index (χ0n) is 12.4. The number of ether oxygens (including phenoxy) is 1. The summed E-state index contributed by atoms with van der Waals surface area (Å²) in [5.74, 6) is 0. The molecule has 0 saturated heterocycles. The van der Waals surface area contributed by atoms with Crippen LogP contribution in [0.3, 0.4) is 0 Å². The molecule has 0 aliphatic carbocycles. The highest BCUT2D eigenvalue weighted by molar-refractivity contribution is 4.69. The van der Waals surface area contributed by atoms with Gasteiger partial charge in [0.1, 0.15) is 0 Å². The quantitative estimate of drug-likeness (QED) is 0.604. The molecule has 0 rings (SSSR count). The van der Waals surface area contributed by atoms with Crippen LogP contribution in [0.15, 0.2) is 0 Å². The molecule has 0 saturated carbocycles. The highest BCUT2D eigenvalue weighted by Gasteiger charge is 2.25. The van der Waals surface area contributed by atoms with Gasteiger partial charge in [0.05, 0.1) is 0 Å². The molecule has 0 amide bonds. The van der Waals surface area contributed by atoms with E-state index in [9.17, 15) is 13.2 Å². The van der Waals surface area contributed by atoms with Crippen molar-refractivity contribution in [3.63, 3.8) is 0 Å². The normalized spacial score (nSPS) is 12.9. The minimum absolute atomic E-state index is 0.0685. The lowest BCUT2D eigenvalue weighted by atomic mass is 10.1. The first kappa shape index (κ1) is 18.7. The minimum Gasteiger partial charge on any atom is -0.381 e. The SMILES string of the molecule is CC(C)(C)NCCCCCCOCCCC(F)(F)F. The molecule has 0 heterocycles. The highest BCUT2D eigenvalue weighted by atomic mass is 19.4. The van der Waals surface area contributed by atoms with Gasteiger partial charge in [0.25, 0.3) is 0 Å². The number of hydrogen-bond donors (Lipinski definition) is 1. The van der Waals surface area contributed by atoms with Crippen LogP contribution >= 0.6 is 0 Å². The van der Waals surface area contributed by atoms with Crippen LogP contribution in [0.4, 0.5) is 13.2 Å². The lowest BCUT2D eigenvalue weighted by molar-refractivity contribution is -0.137. The van der Waals surface area contributed by atoms with Crippen molar-refractivity contribution in [1.82, 2.24) is 5.32 Å². The van der Waals surface area contributed by atoms with E-state index < -0.39 is 12.6 Å². The van der Waals surface area contributed by atoms with Crippen LogP contribution in [0, 0.1) is 0 Å². The van der Waals surface area contributed by atoms with E-state index in [-0.39, 0.29) is 18.6 Å². The number of unbranched alkanes of at least 4 members (excludes halogenated alkanes) is 3. The maximum absolute atomic E-state index is 11.8. The average molecular weight is 283 g/mol. The van der Waals surface area contributed by atoms with Crippen molar-refractivity contribution in [3.05, 3.63) is 0 Å². The third-order valence-electron chi connectivity index (χ3n) is 2.62. The standard InChI is InChI=1S/C14H28F3NO/c1-13(2,3)18-10-6-4-5-7-11-19-12-8-9-14(15,16)17/h18H,4-12H2,1-3H3. The monoisotopic (exact) mass is 283 g/mol. The van der Waals surface area contributed by atoms with Crippen LogP contribution in [-0.2, 0) is 4.74 Å². The third-order valence-corrected chi connectivity index (χ3v) is 2.62. The van der Waals surface area contributed by atoms with E-state index in [0.29, 0.717) is 6.61 Å². The van der Waals surface area contributed by atoms with E-state index in [1.807, 2.05) is 0 Å². The van der Waals surface area contributed by atoms with Gasteiger partial charge < -0.3 is 10.1 Å². The maximum atomic E-state index is 11.8. The largest absolute Gasteiger partial charge is 0.389 e. The summed E-state index contributed by atoms with van der Waals surface area (Å²) in [5, 5.41) is 3.42. The predicted molar refractivity (Wildman–Crippen MR) is 72.3 cm³/mol. The Kier molecular flexibility index (Phi) is 9.44.